The van der Waals surface area contributed by atoms with E-state index in [-0.39, 0.29) is 11.8 Å². The van der Waals surface area contributed by atoms with Crippen LogP contribution in [0.1, 0.15) is 72.1 Å². The lowest BCUT2D eigenvalue weighted by atomic mass is 9.76. The summed E-state index contributed by atoms with van der Waals surface area (Å²) >= 11 is 0. The molecule has 4 nitrogen and oxygen atoms in total. The first-order valence-corrected chi connectivity index (χ1v) is 8.93. The third-order valence-corrected chi connectivity index (χ3v) is 5.34. The molecule has 2 fully saturated rings. The minimum atomic E-state index is 0.110. The molecule has 2 atom stereocenters. The van der Waals surface area contributed by atoms with Crippen molar-refractivity contribution in [1.82, 2.24) is 10.2 Å². The van der Waals surface area contributed by atoms with Crippen LogP contribution >= 0.6 is 0 Å². The Morgan fingerprint density at radius 3 is 2.59 bits per heavy atom. The number of rotatable bonds is 4. The fourth-order valence-corrected chi connectivity index (χ4v) is 3.79. The summed E-state index contributed by atoms with van der Waals surface area (Å²) in [6.07, 6.45) is 7.92. The van der Waals surface area contributed by atoms with E-state index >= 15 is 0 Å². The second-order valence-corrected chi connectivity index (χ2v) is 8.07. The van der Waals surface area contributed by atoms with Gasteiger partial charge in [-0.25, -0.2) is 0 Å². The molecule has 1 aliphatic carbocycles. The molecule has 0 bridgehead atoms. The molecule has 0 aromatic rings. The molecule has 0 aromatic carbocycles. The Morgan fingerprint density at radius 1 is 1.18 bits per heavy atom. The second-order valence-electron chi connectivity index (χ2n) is 8.07. The van der Waals surface area contributed by atoms with E-state index in [1.54, 1.807) is 0 Å². The Bertz CT molecular complexity index is 400. The fraction of sp³-hybridized carbons (Fsp3) is 0.889. The third-order valence-electron chi connectivity index (χ3n) is 5.34. The first-order chi connectivity index (χ1) is 10.4. The minimum absolute atomic E-state index is 0.110. The molecule has 2 amide bonds. The number of amides is 2. The van der Waals surface area contributed by atoms with E-state index in [0.717, 1.165) is 31.7 Å². The Hall–Kier alpha value is -1.06. The molecule has 1 heterocycles. The van der Waals surface area contributed by atoms with E-state index in [9.17, 15) is 9.59 Å². The van der Waals surface area contributed by atoms with Crippen LogP contribution in [0.2, 0.25) is 0 Å². The molecule has 0 radical (unpaired) electrons. The summed E-state index contributed by atoms with van der Waals surface area (Å²) in [4.78, 5) is 25.5. The van der Waals surface area contributed by atoms with Crippen LogP contribution in [-0.4, -0.2) is 35.8 Å². The molecule has 1 N–H and O–H groups in total. The molecule has 1 saturated heterocycles. The quantitative estimate of drug-likeness (QED) is 0.811. The van der Waals surface area contributed by atoms with E-state index < -0.39 is 0 Å². The number of likely N-dealkylation sites (tertiary alicyclic amines) is 1. The molecule has 1 saturated carbocycles. The fourth-order valence-electron chi connectivity index (χ4n) is 3.79. The minimum Gasteiger partial charge on any atom is -0.353 e. The van der Waals surface area contributed by atoms with E-state index in [2.05, 4.69) is 26.1 Å². The first kappa shape index (κ1) is 17.3. The van der Waals surface area contributed by atoms with Gasteiger partial charge in [0.05, 0.1) is 0 Å². The molecule has 0 aromatic heterocycles. The first-order valence-electron chi connectivity index (χ1n) is 8.93. The molecule has 2 rings (SSSR count). The van der Waals surface area contributed by atoms with Crippen molar-refractivity contribution in [2.75, 3.05) is 13.1 Å². The standard InChI is InChI=1S/C18H32N2O2/c1-18(2,3)14-6-4-7-15(10-9-14)19-16(21)11-13-20-12-5-8-17(20)22/h14-15H,4-13H2,1-3H3,(H,19,21)/t14-,15+/m1/s1. The van der Waals surface area contributed by atoms with Crippen LogP contribution in [0.5, 0.6) is 0 Å². The van der Waals surface area contributed by atoms with Gasteiger partial charge in [-0.2, -0.15) is 0 Å². The SMILES string of the molecule is CC(C)(C)[C@@H]1CCC[C@H](NC(=O)CCN2CCCC2=O)CC1. The van der Waals surface area contributed by atoms with Crippen molar-refractivity contribution in [2.24, 2.45) is 11.3 Å². The van der Waals surface area contributed by atoms with E-state index in [0.29, 0.717) is 30.8 Å². The van der Waals surface area contributed by atoms with Crippen molar-refractivity contribution in [1.29, 1.82) is 0 Å². The number of nitrogens with zero attached hydrogens (tertiary/aromatic N) is 1. The van der Waals surface area contributed by atoms with E-state index in [1.807, 2.05) is 4.90 Å². The van der Waals surface area contributed by atoms with Gasteiger partial charge >= 0.3 is 0 Å². The number of nitrogens with one attached hydrogen (secondary N) is 1. The van der Waals surface area contributed by atoms with Gasteiger partial charge in [-0.1, -0.05) is 27.2 Å². The zero-order valence-corrected chi connectivity index (χ0v) is 14.5. The Balaban J connectivity index is 1.71. The average Bonchev–Trinajstić information content (AvgIpc) is 2.69. The zero-order valence-electron chi connectivity index (χ0n) is 14.5. The topological polar surface area (TPSA) is 49.4 Å². The van der Waals surface area contributed by atoms with Gasteiger partial charge in [-0.15, -0.1) is 0 Å². The molecular weight excluding hydrogens is 276 g/mol. The summed E-state index contributed by atoms with van der Waals surface area (Å²) in [6.45, 7) is 8.38. The highest BCUT2D eigenvalue weighted by Gasteiger charge is 2.28. The lowest BCUT2D eigenvalue weighted by Crippen LogP contribution is -2.37. The van der Waals surface area contributed by atoms with E-state index in [4.69, 9.17) is 0 Å². The third kappa shape index (κ3) is 4.99. The number of hydrogen-bond donors (Lipinski definition) is 1. The van der Waals surface area contributed by atoms with Crippen molar-refractivity contribution >= 4 is 11.8 Å². The van der Waals surface area contributed by atoms with Crippen LogP contribution in [0.4, 0.5) is 0 Å². The van der Waals surface area contributed by atoms with Crippen molar-refractivity contribution in [3.63, 3.8) is 0 Å². The molecule has 1 aliphatic heterocycles. The molecular formula is C18H32N2O2. The predicted octanol–water partition coefficient (Wildman–Crippen LogP) is 3.11. The van der Waals surface area contributed by atoms with Crippen molar-refractivity contribution in [3.05, 3.63) is 0 Å². The summed E-state index contributed by atoms with van der Waals surface area (Å²) in [7, 11) is 0. The second kappa shape index (κ2) is 7.47. The van der Waals surface area contributed by atoms with Crippen LogP contribution in [0, 0.1) is 11.3 Å². The zero-order chi connectivity index (χ0) is 16.2. The van der Waals surface area contributed by atoms with Crippen LogP contribution in [0.25, 0.3) is 0 Å². The van der Waals surface area contributed by atoms with Gasteiger partial charge < -0.3 is 10.2 Å². The highest BCUT2D eigenvalue weighted by Crippen LogP contribution is 2.36. The smallest absolute Gasteiger partial charge is 0.222 e. The Kier molecular flexibility index (Phi) is 5.87. The van der Waals surface area contributed by atoms with Crippen molar-refractivity contribution in [2.45, 2.75) is 78.2 Å². The lowest BCUT2D eigenvalue weighted by Gasteiger charge is -2.29. The Labute approximate surface area is 135 Å². The van der Waals surface area contributed by atoms with Gasteiger partial charge in [0.1, 0.15) is 0 Å². The van der Waals surface area contributed by atoms with Crippen molar-refractivity contribution in [3.8, 4) is 0 Å². The Morgan fingerprint density at radius 2 is 1.95 bits per heavy atom. The van der Waals surface area contributed by atoms with Crippen molar-refractivity contribution < 1.29 is 9.59 Å². The van der Waals surface area contributed by atoms with Gasteiger partial charge in [-0.3, -0.25) is 9.59 Å². The van der Waals surface area contributed by atoms with Crippen LogP contribution < -0.4 is 5.32 Å². The normalized spacial score (nSPS) is 26.9. The maximum Gasteiger partial charge on any atom is 0.222 e. The predicted molar refractivity (Wildman–Crippen MR) is 88.4 cm³/mol. The number of hydrogen-bond acceptors (Lipinski definition) is 2. The molecule has 126 valence electrons. The summed E-state index contributed by atoms with van der Waals surface area (Å²) in [5.74, 6) is 1.07. The van der Waals surface area contributed by atoms with Crippen LogP contribution in [-0.2, 0) is 9.59 Å². The summed E-state index contributed by atoms with van der Waals surface area (Å²) < 4.78 is 0. The van der Waals surface area contributed by atoms with E-state index in [1.165, 1.54) is 19.3 Å². The number of carbonyl (C=O) groups is 2. The summed E-state index contributed by atoms with van der Waals surface area (Å²) in [5, 5.41) is 3.19. The van der Waals surface area contributed by atoms with Gasteiger partial charge in [0, 0.05) is 32.0 Å². The molecule has 22 heavy (non-hydrogen) atoms. The highest BCUT2D eigenvalue weighted by molar-refractivity contribution is 5.80. The van der Waals surface area contributed by atoms with Gasteiger partial charge in [0.25, 0.3) is 0 Å². The van der Waals surface area contributed by atoms with Crippen LogP contribution in [0.15, 0.2) is 0 Å². The van der Waals surface area contributed by atoms with Gasteiger partial charge in [0.15, 0.2) is 0 Å². The van der Waals surface area contributed by atoms with Crippen LogP contribution in [0.3, 0.4) is 0 Å². The largest absolute Gasteiger partial charge is 0.353 e. The molecule has 0 unspecified atom stereocenters. The lowest BCUT2D eigenvalue weighted by molar-refractivity contribution is -0.128. The number of carbonyl (C=O) groups excluding carboxylic acids is 2. The molecule has 0 spiro atoms. The monoisotopic (exact) mass is 308 g/mol. The molecule has 2 aliphatic rings. The average molecular weight is 308 g/mol. The maximum absolute atomic E-state index is 12.1. The van der Waals surface area contributed by atoms with Gasteiger partial charge in [0.2, 0.25) is 11.8 Å². The highest BCUT2D eigenvalue weighted by atomic mass is 16.2. The summed E-state index contributed by atoms with van der Waals surface area (Å²) in [5.41, 5.74) is 0.370. The summed E-state index contributed by atoms with van der Waals surface area (Å²) in [6, 6.07) is 0.328. The molecule has 4 heteroatoms. The maximum atomic E-state index is 12.1. The van der Waals surface area contributed by atoms with Gasteiger partial charge in [-0.05, 0) is 43.4 Å².